The average molecular weight is 380 g/mol. The van der Waals surface area contributed by atoms with Crippen LogP contribution in [0.1, 0.15) is 12.8 Å². The highest BCUT2D eigenvalue weighted by molar-refractivity contribution is 5.77. The summed E-state index contributed by atoms with van der Waals surface area (Å²) in [6, 6.07) is 0. The molecule has 5 atom stereocenters. The van der Waals surface area contributed by atoms with Crippen LogP contribution in [0.3, 0.4) is 0 Å². The first kappa shape index (κ1) is 22.7. The maximum absolute atomic E-state index is 12.2. The number of cyclic esters (lactones) is 1. The average Bonchev–Trinajstić information content (AvgIpc) is 2.65. The van der Waals surface area contributed by atoms with Gasteiger partial charge in [-0.2, -0.15) is 0 Å². The van der Waals surface area contributed by atoms with Crippen molar-refractivity contribution in [1.82, 2.24) is 0 Å². The quantitative estimate of drug-likeness (QED) is 0.336. The van der Waals surface area contributed by atoms with Crippen LogP contribution in [0.25, 0.3) is 0 Å². The first-order chi connectivity index (χ1) is 12.5. The van der Waals surface area contributed by atoms with Crippen LogP contribution in [0.4, 0.5) is 0 Å². The van der Waals surface area contributed by atoms with Crippen LogP contribution < -0.4 is 0 Å². The highest BCUT2D eigenvalue weighted by atomic mass is 16.7. The van der Waals surface area contributed by atoms with Crippen molar-refractivity contribution >= 4 is 11.9 Å². The predicted octanol–water partition coefficient (Wildman–Crippen LogP) is -0.127. The van der Waals surface area contributed by atoms with Gasteiger partial charge in [-0.05, 0) is 0 Å². The molecular formula is C16H28O10. The molecule has 152 valence electrons. The molecule has 1 rings (SSSR count). The molecule has 0 bridgehead atoms. The Labute approximate surface area is 152 Å². The molecule has 1 fully saturated rings. The number of rotatable bonds is 12. The lowest BCUT2D eigenvalue weighted by molar-refractivity contribution is -0.206. The molecule has 0 saturated carbocycles. The smallest absolute Gasteiger partial charge is 0.338 e. The molecule has 1 heterocycles. The van der Waals surface area contributed by atoms with E-state index in [9.17, 15) is 9.59 Å². The van der Waals surface area contributed by atoms with Crippen LogP contribution in [-0.4, -0.2) is 91.6 Å². The van der Waals surface area contributed by atoms with Crippen molar-refractivity contribution in [2.45, 2.75) is 43.4 Å². The molecule has 0 amide bonds. The first-order valence-electron chi connectivity index (χ1n) is 8.07. The molecular weight excluding hydrogens is 352 g/mol. The molecule has 0 aliphatic carbocycles. The first-order valence-corrected chi connectivity index (χ1v) is 8.07. The van der Waals surface area contributed by atoms with Gasteiger partial charge in [-0.25, -0.2) is 9.59 Å². The van der Waals surface area contributed by atoms with E-state index in [1.54, 1.807) is 0 Å². The number of hydrogen-bond donors (Lipinski definition) is 0. The molecule has 10 nitrogen and oxygen atoms in total. The molecule has 1 saturated heterocycles. The van der Waals surface area contributed by atoms with E-state index in [1.165, 1.54) is 35.5 Å². The van der Waals surface area contributed by atoms with Crippen molar-refractivity contribution in [1.29, 1.82) is 0 Å². The highest BCUT2D eigenvalue weighted by Crippen LogP contribution is 2.25. The predicted molar refractivity (Wildman–Crippen MR) is 86.2 cm³/mol. The lowest BCUT2D eigenvalue weighted by atomic mass is 9.96. The Bertz CT molecular complexity index is 429. The molecule has 0 spiro atoms. The Morgan fingerprint density at radius 1 is 1.15 bits per heavy atom. The summed E-state index contributed by atoms with van der Waals surface area (Å²) in [6.45, 7) is -0.169. The maximum Gasteiger partial charge on any atom is 0.338 e. The Balaban J connectivity index is 2.77. The van der Waals surface area contributed by atoms with Gasteiger partial charge >= 0.3 is 11.9 Å². The number of methoxy groups -OCH3 is 5. The third-order valence-electron chi connectivity index (χ3n) is 3.95. The minimum atomic E-state index is -1.02. The standard InChI is InChI=1S/C16H28O10/c1-19-8-24-13(15(17)23-5)11(21-3)6-10-7-12(22-4)14(16(18)26-10)25-9-20-2/h10-14H,6-9H2,1-5H3/t10-,11+,12+,13-,14-/m0/s1. The van der Waals surface area contributed by atoms with Crippen molar-refractivity contribution in [3.63, 3.8) is 0 Å². The van der Waals surface area contributed by atoms with Gasteiger partial charge in [-0.15, -0.1) is 0 Å². The van der Waals surface area contributed by atoms with E-state index in [-0.39, 0.29) is 20.0 Å². The molecule has 0 aromatic carbocycles. The normalized spacial score (nSPS) is 25.4. The molecule has 1 aliphatic heterocycles. The summed E-state index contributed by atoms with van der Waals surface area (Å²) in [6.07, 6.45) is -3.07. The summed E-state index contributed by atoms with van der Waals surface area (Å²) >= 11 is 0. The summed E-state index contributed by atoms with van der Waals surface area (Å²) in [5.74, 6) is -1.17. The summed E-state index contributed by atoms with van der Waals surface area (Å²) in [5.41, 5.74) is 0. The fraction of sp³-hybridized carbons (Fsp3) is 0.875. The van der Waals surface area contributed by atoms with Gasteiger partial charge in [0.05, 0.1) is 19.3 Å². The minimum absolute atomic E-state index is 0.0553. The van der Waals surface area contributed by atoms with Crippen molar-refractivity contribution in [2.24, 2.45) is 0 Å². The SMILES string of the molecule is COCO[C@H](C(=O)OC)[C@@H](C[C@H]1C[C@@H](OC)[C@H](OCOC)C(=O)O1)OC. The monoisotopic (exact) mass is 380 g/mol. The maximum atomic E-state index is 12.2. The number of carbonyl (C=O) groups is 2. The van der Waals surface area contributed by atoms with E-state index in [2.05, 4.69) is 0 Å². The zero-order valence-corrected chi connectivity index (χ0v) is 15.8. The van der Waals surface area contributed by atoms with Crippen LogP contribution >= 0.6 is 0 Å². The zero-order valence-electron chi connectivity index (χ0n) is 15.8. The molecule has 0 radical (unpaired) electrons. The molecule has 0 unspecified atom stereocenters. The van der Waals surface area contributed by atoms with Gasteiger partial charge in [-0.3, -0.25) is 0 Å². The van der Waals surface area contributed by atoms with Gasteiger partial charge in [0.1, 0.15) is 19.7 Å². The third kappa shape index (κ3) is 6.45. The minimum Gasteiger partial charge on any atom is -0.467 e. The Morgan fingerprint density at radius 3 is 2.38 bits per heavy atom. The second kappa shape index (κ2) is 12.2. The molecule has 0 aromatic rings. The van der Waals surface area contributed by atoms with Gasteiger partial charge in [0.15, 0.2) is 12.2 Å². The number of esters is 2. The third-order valence-corrected chi connectivity index (χ3v) is 3.95. The van der Waals surface area contributed by atoms with Crippen LogP contribution in [0.2, 0.25) is 0 Å². The second-order valence-corrected chi connectivity index (χ2v) is 5.59. The van der Waals surface area contributed by atoms with E-state index in [0.29, 0.717) is 6.42 Å². The molecule has 26 heavy (non-hydrogen) atoms. The van der Waals surface area contributed by atoms with E-state index in [0.717, 1.165) is 0 Å². The van der Waals surface area contributed by atoms with E-state index in [1.807, 2.05) is 0 Å². The zero-order chi connectivity index (χ0) is 19.5. The largest absolute Gasteiger partial charge is 0.467 e. The molecule has 0 aromatic heterocycles. The van der Waals surface area contributed by atoms with Crippen molar-refractivity contribution in [3.8, 4) is 0 Å². The fourth-order valence-electron chi connectivity index (χ4n) is 2.68. The number of carbonyl (C=O) groups excluding carboxylic acids is 2. The van der Waals surface area contributed by atoms with Crippen LogP contribution in [0.5, 0.6) is 0 Å². The van der Waals surface area contributed by atoms with Gasteiger partial charge in [0, 0.05) is 41.3 Å². The van der Waals surface area contributed by atoms with Crippen molar-refractivity contribution in [2.75, 3.05) is 49.1 Å². The summed E-state index contributed by atoms with van der Waals surface area (Å²) in [5, 5.41) is 0. The summed E-state index contributed by atoms with van der Waals surface area (Å²) < 4.78 is 41.2. The van der Waals surface area contributed by atoms with Crippen LogP contribution in [-0.2, 0) is 47.5 Å². The Kier molecular flexibility index (Phi) is 10.6. The summed E-state index contributed by atoms with van der Waals surface area (Å²) in [4.78, 5) is 24.2. The van der Waals surface area contributed by atoms with Crippen molar-refractivity contribution in [3.05, 3.63) is 0 Å². The van der Waals surface area contributed by atoms with Gasteiger partial charge in [0.25, 0.3) is 0 Å². The highest BCUT2D eigenvalue weighted by Gasteiger charge is 2.42. The molecule has 0 N–H and O–H groups in total. The number of ether oxygens (including phenoxy) is 8. The van der Waals surface area contributed by atoms with E-state index in [4.69, 9.17) is 37.9 Å². The van der Waals surface area contributed by atoms with Crippen LogP contribution in [0, 0.1) is 0 Å². The number of hydrogen-bond acceptors (Lipinski definition) is 10. The fourth-order valence-corrected chi connectivity index (χ4v) is 2.68. The summed E-state index contributed by atoms with van der Waals surface area (Å²) in [7, 11) is 7.05. The molecule has 10 heteroatoms. The Morgan fingerprint density at radius 2 is 1.85 bits per heavy atom. The second-order valence-electron chi connectivity index (χ2n) is 5.59. The topological polar surface area (TPSA) is 108 Å². The lowest BCUT2D eigenvalue weighted by Gasteiger charge is -2.35. The lowest BCUT2D eigenvalue weighted by Crippen LogP contribution is -2.50. The Hall–Kier alpha value is -1.30. The van der Waals surface area contributed by atoms with Gasteiger partial charge in [-0.1, -0.05) is 0 Å². The van der Waals surface area contributed by atoms with E-state index < -0.39 is 42.5 Å². The van der Waals surface area contributed by atoms with Gasteiger partial charge < -0.3 is 37.9 Å². The van der Waals surface area contributed by atoms with E-state index >= 15 is 0 Å². The van der Waals surface area contributed by atoms with Crippen LogP contribution in [0.15, 0.2) is 0 Å². The van der Waals surface area contributed by atoms with Gasteiger partial charge in [0.2, 0.25) is 0 Å². The van der Waals surface area contributed by atoms with Crippen molar-refractivity contribution < 1.29 is 47.5 Å². The molecule has 1 aliphatic rings.